The zero-order valence-corrected chi connectivity index (χ0v) is 11.1. The zero-order valence-electron chi connectivity index (χ0n) is 10.3. The Morgan fingerprint density at radius 3 is 3.00 bits per heavy atom. The van der Waals surface area contributed by atoms with Crippen LogP contribution in [0.25, 0.3) is 0 Å². The molecule has 1 saturated heterocycles. The number of rotatable bonds is 4. The fourth-order valence-electron chi connectivity index (χ4n) is 2.01. The Balaban J connectivity index is 2.18. The second kappa shape index (κ2) is 5.27. The number of ether oxygens (including phenoxy) is 1. The molecule has 3 N–H and O–H groups in total. The lowest BCUT2D eigenvalue weighted by atomic mass is 10.1. The molecule has 1 aromatic heterocycles. The number of nitrogens with one attached hydrogen (secondary N) is 2. The van der Waals surface area contributed by atoms with E-state index in [-0.39, 0.29) is 17.7 Å². The summed E-state index contributed by atoms with van der Waals surface area (Å²) < 4.78 is 32.0. The van der Waals surface area contributed by atoms with Crippen LogP contribution in [-0.2, 0) is 14.8 Å². The first-order chi connectivity index (χ1) is 8.90. The summed E-state index contributed by atoms with van der Waals surface area (Å²) in [6.45, 7) is 2.34. The maximum absolute atomic E-state index is 12.1. The van der Waals surface area contributed by atoms with Gasteiger partial charge in [-0.05, 0) is 19.8 Å². The van der Waals surface area contributed by atoms with Gasteiger partial charge >= 0.3 is 5.97 Å². The van der Waals surface area contributed by atoms with E-state index in [9.17, 15) is 13.2 Å². The van der Waals surface area contributed by atoms with E-state index in [4.69, 9.17) is 9.84 Å². The molecule has 19 heavy (non-hydrogen) atoms. The van der Waals surface area contributed by atoms with Gasteiger partial charge in [0.2, 0.25) is 0 Å². The molecule has 0 amide bonds. The molecule has 0 aromatic carbocycles. The Morgan fingerprint density at radius 1 is 1.63 bits per heavy atom. The van der Waals surface area contributed by atoms with Crippen molar-refractivity contribution in [3.05, 3.63) is 11.8 Å². The molecule has 106 valence electrons. The van der Waals surface area contributed by atoms with E-state index < -0.39 is 21.0 Å². The molecule has 1 aromatic rings. The largest absolute Gasteiger partial charge is 0.478 e. The van der Waals surface area contributed by atoms with Crippen LogP contribution >= 0.6 is 0 Å². The summed E-state index contributed by atoms with van der Waals surface area (Å²) in [5.41, 5.74) is -0.368. The average Bonchev–Trinajstić information content (AvgIpc) is 2.77. The highest BCUT2D eigenvalue weighted by molar-refractivity contribution is 7.89. The normalized spacial score (nSPS) is 24.3. The standard InChI is InChI=1S/C10H15N3O5S/c1-6-4-7(2-3-18-6)13-19(16,17)9-8(10(14)15)5-11-12-9/h5-7,13H,2-4H2,1H3,(H,11,12)(H,14,15). The number of sulfonamides is 1. The molecule has 1 aliphatic rings. The molecule has 0 aliphatic carbocycles. The predicted molar refractivity (Wildman–Crippen MR) is 64.3 cm³/mol. The Kier molecular flexibility index (Phi) is 3.88. The maximum atomic E-state index is 12.1. The third kappa shape index (κ3) is 3.11. The molecule has 9 heteroatoms. The van der Waals surface area contributed by atoms with Crippen LogP contribution < -0.4 is 4.72 Å². The summed E-state index contributed by atoms with van der Waals surface area (Å²) in [5, 5.41) is 14.2. The van der Waals surface area contributed by atoms with Crippen molar-refractivity contribution in [3.8, 4) is 0 Å². The lowest BCUT2D eigenvalue weighted by Gasteiger charge is -2.27. The minimum Gasteiger partial charge on any atom is -0.478 e. The number of nitrogens with zero attached hydrogens (tertiary/aromatic N) is 1. The van der Waals surface area contributed by atoms with Gasteiger partial charge in [-0.15, -0.1) is 0 Å². The number of H-pyrrole nitrogens is 1. The van der Waals surface area contributed by atoms with Crippen LogP contribution in [0.3, 0.4) is 0 Å². The molecular weight excluding hydrogens is 274 g/mol. The Labute approximate surface area is 110 Å². The number of hydrogen-bond acceptors (Lipinski definition) is 5. The molecule has 2 unspecified atom stereocenters. The lowest BCUT2D eigenvalue weighted by Crippen LogP contribution is -2.41. The molecule has 2 heterocycles. The molecule has 0 spiro atoms. The highest BCUT2D eigenvalue weighted by Gasteiger charge is 2.29. The van der Waals surface area contributed by atoms with E-state index in [0.29, 0.717) is 19.4 Å². The van der Waals surface area contributed by atoms with Gasteiger partial charge in [0.15, 0.2) is 5.03 Å². The van der Waals surface area contributed by atoms with Crippen LogP contribution in [0.1, 0.15) is 30.1 Å². The van der Waals surface area contributed by atoms with E-state index in [2.05, 4.69) is 14.9 Å². The van der Waals surface area contributed by atoms with Gasteiger partial charge in [-0.25, -0.2) is 17.9 Å². The number of carbonyl (C=O) groups is 1. The molecule has 0 radical (unpaired) electrons. The molecule has 1 aliphatic heterocycles. The second-order valence-corrected chi connectivity index (χ2v) is 6.09. The van der Waals surface area contributed by atoms with Crippen LogP contribution in [0.15, 0.2) is 11.2 Å². The number of aromatic nitrogens is 2. The monoisotopic (exact) mass is 289 g/mol. The number of aromatic amines is 1. The quantitative estimate of drug-likeness (QED) is 0.714. The number of carboxylic acids is 1. The van der Waals surface area contributed by atoms with E-state index in [1.165, 1.54) is 0 Å². The van der Waals surface area contributed by atoms with Crippen molar-refractivity contribution < 1.29 is 23.1 Å². The van der Waals surface area contributed by atoms with E-state index in [1.54, 1.807) is 0 Å². The van der Waals surface area contributed by atoms with Crippen molar-refractivity contribution in [2.24, 2.45) is 0 Å². The van der Waals surface area contributed by atoms with Gasteiger partial charge in [-0.2, -0.15) is 5.10 Å². The van der Waals surface area contributed by atoms with Crippen LogP contribution in [0.5, 0.6) is 0 Å². The molecule has 8 nitrogen and oxygen atoms in total. The van der Waals surface area contributed by atoms with Crippen LogP contribution in [0.2, 0.25) is 0 Å². The van der Waals surface area contributed by atoms with Gasteiger partial charge in [-0.3, -0.25) is 5.10 Å². The Hall–Kier alpha value is -1.45. The van der Waals surface area contributed by atoms with Gasteiger partial charge in [0.25, 0.3) is 10.0 Å². The molecule has 0 bridgehead atoms. The maximum Gasteiger partial charge on any atom is 0.340 e. The van der Waals surface area contributed by atoms with Crippen molar-refractivity contribution in [1.82, 2.24) is 14.9 Å². The highest BCUT2D eigenvalue weighted by Crippen LogP contribution is 2.17. The summed E-state index contributed by atoms with van der Waals surface area (Å²) in [6, 6.07) is -0.265. The highest BCUT2D eigenvalue weighted by atomic mass is 32.2. The van der Waals surface area contributed by atoms with Gasteiger partial charge in [0, 0.05) is 12.6 Å². The Bertz CT molecular complexity index is 567. The van der Waals surface area contributed by atoms with Crippen molar-refractivity contribution in [2.45, 2.75) is 36.9 Å². The first kappa shape index (κ1) is 14.0. The lowest BCUT2D eigenvalue weighted by molar-refractivity contribution is 0.0173. The van der Waals surface area contributed by atoms with Gasteiger partial charge in [0.1, 0.15) is 5.56 Å². The first-order valence-electron chi connectivity index (χ1n) is 5.80. The smallest absolute Gasteiger partial charge is 0.340 e. The fourth-order valence-corrected chi connectivity index (χ4v) is 3.39. The van der Waals surface area contributed by atoms with E-state index in [0.717, 1.165) is 6.20 Å². The Morgan fingerprint density at radius 2 is 2.37 bits per heavy atom. The zero-order chi connectivity index (χ0) is 14.0. The number of hydrogen-bond donors (Lipinski definition) is 3. The summed E-state index contributed by atoms with van der Waals surface area (Å²) in [7, 11) is -3.92. The van der Waals surface area contributed by atoms with Crippen LogP contribution in [-0.4, -0.2) is 48.4 Å². The van der Waals surface area contributed by atoms with Crippen LogP contribution in [0, 0.1) is 0 Å². The van der Waals surface area contributed by atoms with Gasteiger partial charge < -0.3 is 9.84 Å². The van der Waals surface area contributed by atoms with Crippen molar-refractivity contribution >= 4 is 16.0 Å². The summed E-state index contributed by atoms with van der Waals surface area (Å²) in [4.78, 5) is 10.9. The van der Waals surface area contributed by atoms with Crippen molar-refractivity contribution in [1.29, 1.82) is 0 Å². The van der Waals surface area contributed by atoms with Gasteiger partial charge in [0.05, 0.1) is 12.3 Å². The minimum atomic E-state index is -3.92. The first-order valence-corrected chi connectivity index (χ1v) is 7.29. The van der Waals surface area contributed by atoms with E-state index in [1.807, 2.05) is 6.92 Å². The topological polar surface area (TPSA) is 121 Å². The summed E-state index contributed by atoms with van der Waals surface area (Å²) in [5.74, 6) is -1.34. The average molecular weight is 289 g/mol. The minimum absolute atomic E-state index is 0.0258. The predicted octanol–water partition coefficient (Wildman–Crippen LogP) is -0.0463. The number of carboxylic acid groups (broad SMARTS) is 1. The second-order valence-electron chi connectivity index (χ2n) is 4.44. The molecule has 1 fully saturated rings. The third-order valence-electron chi connectivity index (χ3n) is 2.91. The molecule has 2 rings (SSSR count). The SMILES string of the molecule is CC1CC(NS(=O)(=O)c2[nH]ncc2C(=O)O)CCO1. The molecule has 0 saturated carbocycles. The summed E-state index contributed by atoms with van der Waals surface area (Å²) >= 11 is 0. The van der Waals surface area contributed by atoms with Crippen molar-refractivity contribution in [2.75, 3.05) is 6.61 Å². The molecular formula is C10H15N3O5S. The molecule has 2 atom stereocenters. The van der Waals surface area contributed by atoms with E-state index >= 15 is 0 Å². The fraction of sp³-hybridized carbons (Fsp3) is 0.600. The number of aromatic carboxylic acids is 1. The van der Waals surface area contributed by atoms with Gasteiger partial charge in [-0.1, -0.05) is 0 Å². The third-order valence-corrected chi connectivity index (χ3v) is 4.40. The summed E-state index contributed by atoms with van der Waals surface area (Å²) in [6.07, 6.45) is 2.06. The van der Waals surface area contributed by atoms with Crippen LogP contribution in [0.4, 0.5) is 0 Å². The van der Waals surface area contributed by atoms with Crippen molar-refractivity contribution in [3.63, 3.8) is 0 Å².